The molecule has 0 aliphatic heterocycles. The summed E-state index contributed by atoms with van der Waals surface area (Å²) in [4.78, 5) is 0. The molecule has 16 heavy (non-hydrogen) atoms. The first-order valence-corrected chi connectivity index (χ1v) is 6.85. The molecule has 1 heteroatoms. The van der Waals surface area contributed by atoms with Crippen LogP contribution in [0.3, 0.4) is 0 Å². The van der Waals surface area contributed by atoms with Crippen molar-refractivity contribution in [1.29, 1.82) is 0 Å². The predicted molar refractivity (Wildman–Crippen MR) is 68.4 cm³/mol. The van der Waals surface area contributed by atoms with E-state index >= 15 is 0 Å². The van der Waals surface area contributed by atoms with E-state index in [-0.39, 0.29) is 0 Å². The van der Waals surface area contributed by atoms with E-state index in [0.717, 1.165) is 18.4 Å². The third kappa shape index (κ3) is 2.20. The molecule has 1 nitrogen and oxygen atoms in total. The molecule has 0 heterocycles. The highest BCUT2D eigenvalue weighted by molar-refractivity contribution is 5.15. The van der Waals surface area contributed by atoms with E-state index in [4.69, 9.17) is 4.74 Å². The second kappa shape index (κ2) is 4.52. The fourth-order valence-electron chi connectivity index (χ4n) is 3.71. The molecule has 0 amide bonds. The molecule has 2 aliphatic carbocycles. The first-order chi connectivity index (χ1) is 7.54. The van der Waals surface area contributed by atoms with E-state index < -0.39 is 0 Å². The predicted octanol–water partition coefficient (Wildman–Crippen LogP) is 4.18. The van der Waals surface area contributed by atoms with Gasteiger partial charge in [0.1, 0.15) is 0 Å². The maximum absolute atomic E-state index is 5.85. The molecule has 92 valence electrons. The molecule has 0 spiro atoms. The molecule has 2 aliphatic rings. The molecule has 0 aromatic heterocycles. The van der Waals surface area contributed by atoms with Gasteiger partial charge in [0.15, 0.2) is 0 Å². The van der Waals surface area contributed by atoms with Gasteiger partial charge in [-0.1, -0.05) is 26.0 Å². The topological polar surface area (TPSA) is 9.23 Å². The normalized spacial score (nSPS) is 38.2. The molecule has 0 radical (unpaired) electrons. The highest BCUT2D eigenvalue weighted by atomic mass is 16.5. The Balaban J connectivity index is 2.13. The monoisotopic (exact) mass is 222 g/mol. The van der Waals surface area contributed by atoms with Crippen molar-refractivity contribution in [3.8, 4) is 0 Å². The van der Waals surface area contributed by atoms with Crippen molar-refractivity contribution in [3.05, 3.63) is 12.2 Å². The molecule has 0 aromatic carbocycles. The summed E-state index contributed by atoms with van der Waals surface area (Å²) in [5.74, 6) is 1.47. The van der Waals surface area contributed by atoms with E-state index in [2.05, 4.69) is 27.4 Å². The van der Waals surface area contributed by atoms with Crippen LogP contribution in [0.1, 0.15) is 52.9 Å². The Morgan fingerprint density at radius 3 is 2.75 bits per heavy atom. The molecular formula is C15H26O. The lowest BCUT2D eigenvalue weighted by Crippen LogP contribution is -2.32. The lowest BCUT2D eigenvalue weighted by molar-refractivity contribution is 0.0450. The quantitative estimate of drug-likeness (QED) is 0.637. The average Bonchev–Trinajstić information content (AvgIpc) is 2.32. The van der Waals surface area contributed by atoms with E-state index in [1.807, 2.05) is 0 Å². The molecule has 0 aromatic rings. The van der Waals surface area contributed by atoms with E-state index in [0.29, 0.717) is 11.5 Å². The van der Waals surface area contributed by atoms with Gasteiger partial charge in [0.2, 0.25) is 0 Å². The SMILES string of the molecule is C=C1C2CCC(C)(C)C1CCC(OCC)C2. The van der Waals surface area contributed by atoms with Crippen molar-refractivity contribution in [1.82, 2.24) is 0 Å². The first kappa shape index (κ1) is 12.2. The van der Waals surface area contributed by atoms with Gasteiger partial charge in [-0.05, 0) is 56.3 Å². The van der Waals surface area contributed by atoms with Gasteiger partial charge in [0.05, 0.1) is 6.10 Å². The van der Waals surface area contributed by atoms with Crippen molar-refractivity contribution < 1.29 is 4.74 Å². The minimum atomic E-state index is 0.467. The van der Waals surface area contributed by atoms with Crippen molar-refractivity contribution >= 4 is 0 Å². The summed E-state index contributed by atoms with van der Waals surface area (Å²) in [7, 11) is 0. The van der Waals surface area contributed by atoms with Crippen LogP contribution in [0, 0.1) is 17.3 Å². The smallest absolute Gasteiger partial charge is 0.0580 e. The van der Waals surface area contributed by atoms with Crippen LogP contribution < -0.4 is 0 Å². The Labute approximate surface area is 100 Å². The largest absolute Gasteiger partial charge is 0.378 e. The minimum Gasteiger partial charge on any atom is -0.378 e. The summed E-state index contributed by atoms with van der Waals surface area (Å²) < 4.78 is 5.85. The number of hydrogen-bond donors (Lipinski definition) is 0. The molecular weight excluding hydrogens is 196 g/mol. The third-order valence-electron chi connectivity index (χ3n) is 4.78. The van der Waals surface area contributed by atoms with Crippen molar-refractivity contribution in [2.75, 3.05) is 6.61 Å². The maximum Gasteiger partial charge on any atom is 0.0580 e. The Bertz CT molecular complexity index is 267. The van der Waals surface area contributed by atoms with Gasteiger partial charge in [-0.25, -0.2) is 0 Å². The zero-order chi connectivity index (χ0) is 11.8. The van der Waals surface area contributed by atoms with Crippen LogP contribution in [-0.4, -0.2) is 12.7 Å². The van der Waals surface area contributed by atoms with Gasteiger partial charge >= 0.3 is 0 Å². The van der Waals surface area contributed by atoms with Crippen LogP contribution in [0.25, 0.3) is 0 Å². The Morgan fingerprint density at radius 1 is 1.31 bits per heavy atom. The second-order valence-corrected chi connectivity index (χ2v) is 6.24. The Hall–Kier alpha value is -0.300. The summed E-state index contributed by atoms with van der Waals surface area (Å²) in [6, 6.07) is 0. The van der Waals surface area contributed by atoms with Crippen molar-refractivity contribution in [2.24, 2.45) is 17.3 Å². The molecule has 0 N–H and O–H groups in total. The number of allylic oxidation sites excluding steroid dienone is 1. The molecule has 2 fully saturated rings. The number of rotatable bonds is 2. The Morgan fingerprint density at radius 2 is 2.06 bits per heavy atom. The minimum absolute atomic E-state index is 0.467. The fraction of sp³-hybridized carbons (Fsp3) is 0.867. The number of hydrogen-bond acceptors (Lipinski definition) is 1. The van der Waals surface area contributed by atoms with Gasteiger partial charge in [-0.2, -0.15) is 0 Å². The summed E-state index contributed by atoms with van der Waals surface area (Å²) in [6.07, 6.45) is 6.92. The number of fused-ring (bicyclic) bond motifs is 2. The van der Waals surface area contributed by atoms with Crippen molar-refractivity contribution in [3.63, 3.8) is 0 Å². The van der Waals surface area contributed by atoms with Gasteiger partial charge in [-0.3, -0.25) is 0 Å². The zero-order valence-electron chi connectivity index (χ0n) is 11.1. The van der Waals surface area contributed by atoms with E-state index in [1.165, 1.54) is 37.7 Å². The van der Waals surface area contributed by atoms with Crippen LogP contribution >= 0.6 is 0 Å². The number of ether oxygens (including phenoxy) is 1. The molecule has 3 atom stereocenters. The highest BCUT2D eigenvalue weighted by Crippen LogP contribution is 2.51. The van der Waals surface area contributed by atoms with E-state index in [9.17, 15) is 0 Å². The molecule has 2 rings (SSSR count). The highest BCUT2D eigenvalue weighted by Gasteiger charge is 2.41. The van der Waals surface area contributed by atoms with Crippen LogP contribution in [0.5, 0.6) is 0 Å². The first-order valence-electron chi connectivity index (χ1n) is 6.85. The van der Waals surface area contributed by atoms with E-state index in [1.54, 1.807) is 0 Å². The summed E-state index contributed by atoms with van der Waals surface area (Å²) in [5, 5.41) is 0. The lowest BCUT2D eigenvalue weighted by atomic mass is 9.62. The fourth-order valence-corrected chi connectivity index (χ4v) is 3.71. The molecule has 2 saturated carbocycles. The van der Waals surface area contributed by atoms with Crippen molar-refractivity contribution in [2.45, 2.75) is 59.0 Å². The van der Waals surface area contributed by atoms with Gasteiger partial charge in [-0.15, -0.1) is 0 Å². The molecule has 2 bridgehead atoms. The summed E-state index contributed by atoms with van der Waals surface area (Å²) in [6.45, 7) is 12.2. The molecule has 0 saturated heterocycles. The lowest BCUT2D eigenvalue weighted by Gasteiger charge is -2.42. The summed E-state index contributed by atoms with van der Waals surface area (Å²) in [5.41, 5.74) is 1.99. The maximum atomic E-state index is 5.85. The van der Waals surface area contributed by atoms with Gasteiger partial charge in [0, 0.05) is 6.61 Å². The van der Waals surface area contributed by atoms with Crippen LogP contribution in [0.15, 0.2) is 12.2 Å². The van der Waals surface area contributed by atoms with Gasteiger partial charge < -0.3 is 4.74 Å². The molecule has 3 unspecified atom stereocenters. The second-order valence-electron chi connectivity index (χ2n) is 6.24. The van der Waals surface area contributed by atoms with Gasteiger partial charge in [0.25, 0.3) is 0 Å². The third-order valence-corrected chi connectivity index (χ3v) is 4.78. The zero-order valence-corrected chi connectivity index (χ0v) is 11.1. The standard InChI is InChI=1S/C15H26O/c1-5-16-13-6-7-14-11(2)12(10-13)8-9-15(14,3)4/h12-14H,2,5-10H2,1,3-4H3. The van der Waals surface area contributed by atoms with Crippen LogP contribution in [-0.2, 0) is 4.74 Å². The summed E-state index contributed by atoms with van der Waals surface area (Å²) >= 11 is 0. The average molecular weight is 222 g/mol. The Kier molecular flexibility index (Phi) is 3.44. The van der Waals surface area contributed by atoms with Crippen LogP contribution in [0.4, 0.5) is 0 Å². The van der Waals surface area contributed by atoms with Crippen LogP contribution in [0.2, 0.25) is 0 Å².